The molecule has 1 fully saturated rings. The molecule has 1 heterocycles. The smallest absolute Gasteiger partial charge is 0.267 e. The van der Waals surface area contributed by atoms with E-state index in [9.17, 15) is 4.79 Å². The Balaban J connectivity index is 1.87. The number of nitrogens with one attached hydrogen (secondary N) is 2. The van der Waals surface area contributed by atoms with Gasteiger partial charge < -0.3 is 10.3 Å². The van der Waals surface area contributed by atoms with Crippen LogP contribution in [-0.4, -0.2) is 17.4 Å². The number of carbonyl (C=O) groups excluding carboxylic acids is 1. The summed E-state index contributed by atoms with van der Waals surface area (Å²) < 4.78 is 0.909. The Kier molecular flexibility index (Phi) is 3.92. The molecule has 0 saturated heterocycles. The first-order chi connectivity index (χ1) is 8.09. The van der Waals surface area contributed by atoms with Crippen molar-refractivity contribution in [3.63, 3.8) is 0 Å². The molecule has 4 heteroatoms. The molecule has 1 amide bonds. The van der Waals surface area contributed by atoms with Gasteiger partial charge in [0.2, 0.25) is 0 Å². The summed E-state index contributed by atoms with van der Waals surface area (Å²) in [5.41, 5.74) is 0.911. The first kappa shape index (κ1) is 12.7. The number of aromatic nitrogens is 1. The molecule has 0 aliphatic heterocycles. The topological polar surface area (TPSA) is 44.9 Å². The van der Waals surface area contributed by atoms with Crippen LogP contribution in [0.3, 0.4) is 0 Å². The molecule has 0 spiro atoms. The van der Waals surface area contributed by atoms with E-state index in [0.717, 1.165) is 11.0 Å². The minimum atomic E-state index is -0.0116. The number of hydrogen-bond acceptors (Lipinski definition) is 1. The van der Waals surface area contributed by atoms with Gasteiger partial charge in [-0.25, -0.2) is 0 Å². The summed E-state index contributed by atoms with van der Waals surface area (Å²) in [4.78, 5) is 14.8. The highest BCUT2D eigenvalue weighted by molar-refractivity contribution is 9.10. The van der Waals surface area contributed by atoms with E-state index in [1.807, 2.05) is 0 Å². The summed E-state index contributed by atoms with van der Waals surface area (Å²) in [5.74, 6) is -0.0116. The van der Waals surface area contributed by atoms with Crippen molar-refractivity contribution in [3.8, 4) is 0 Å². The summed E-state index contributed by atoms with van der Waals surface area (Å²) in [5, 5.41) is 3.03. The molecular weight excluding hydrogens is 280 g/mol. The van der Waals surface area contributed by atoms with Crippen molar-refractivity contribution in [2.24, 2.45) is 5.41 Å². The predicted molar refractivity (Wildman–Crippen MR) is 72.0 cm³/mol. The van der Waals surface area contributed by atoms with Crippen LogP contribution in [0.25, 0.3) is 0 Å². The number of rotatable bonds is 3. The maximum atomic E-state index is 11.9. The highest BCUT2D eigenvalue weighted by Crippen LogP contribution is 2.34. The molecule has 0 radical (unpaired) electrons. The van der Waals surface area contributed by atoms with Gasteiger partial charge in [0.1, 0.15) is 5.69 Å². The molecule has 1 aromatic rings. The van der Waals surface area contributed by atoms with Gasteiger partial charge in [-0.2, -0.15) is 0 Å². The first-order valence-corrected chi connectivity index (χ1v) is 7.01. The molecule has 0 aromatic carbocycles. The number of aromatic amines is 1. The van der Waals surface area contributed by atoms with Gasteiger partial charge in [-0.1, -0.05) is 26.2 Å². The zero-order valence-corrected chi connectivity index (χ0v) is 11.8. The predicted octanol–water partition coefficient (Wildman–Crippen LogP) is 3.48. The van der Waals surface area contributed by atoms with Gasteiger partial charge in [0.15, 0.2) is 0 Å². The van der Waals surface area contributed by atoms with Crippen LogP contribution in [0.5, 0.6) is 0 Å². The van der Waals surface area contributed by atoms with Gasteiger partial charge in [-0.15, -0.1) is 0 Å². The lowest BCUT2D eigenvalue weighted by molar-refractivity contribution is 0.0915. The molecule has 2 rings (SSSR count). The summed E-state index contributed by atoms with van der Waals surface area (Å²) in [6.45, 7) is 3.06. The van der Waals surface area contributed by atoms with Crippen molar-refractivity contribution in [1.82, 2.24) is 10.3 Å². The third kappa shape index (κ3) is 3.35. The fourth-order valence-corrected chi connectivity index (χ4v) is 2.81. The molecule has 1 aliphatic carbocycles. The van der Waals surface area contributed by atoms with Gasteiger partial charge in [-0.3, -0.25) is 4.79 Å². The second kappa shape index (κ2) is 5.25. The standard InChI is InChI=1S/C13H19BrN2O/c1-13(5-3-2-4-6-13)9-16-12(17)11-7-10(14)8-15-11/h7-8,15H,2-6,9H2,1H3,(H,16,17). The highest BCUT2D eigenvalue weighted by atomic mass is 79.9. The van der Waals surface area contributed by atoms with Crippen molar-refractivity contribution in [2.45, 2.75) is 39.0 Å². The number of hydrogen-bond donors (Lipinski definition) is 2. The van der Waals surface area contributed by atoms with E-state index in [2.05, 4.69) is 33.2 Å². The summed E-state index contributed by atoms with van der Waals surface area (Å²) in [7, 11) is 0. The van der Waals surface area contributed by atoms with E-state index < -0.39 is 0 Å². The lowest BCUT2D eigenvalue weighted by Gasteiger charge is -2.33. The number of halogens is 1. The largest absolute Gasteiger partial charge is 0.356 e. The summed E-state index contributed by atoms with van der Waals surface area (Å²) in [6, 6.07) is 1.80. The van der Waals surface area contributed by atoms with Crippen molar-refractivity contribution in [1.29, 1.82) is 0 Å². The SMILES string of the molecule is CC1(CNC(=O)c2cc(Br)c[nH]2)CCCCC1. The summed E-state index contributed by atoms with van der Waals surface area (Å²) >= 11 is 3.33. The minimum Gasteiger partial charge on any atom is -0.356 e. The molecule has 0 unspecified atom stereocenters. The van der Waals surface area contributed by atoms with Crippen LogP contribution in [-0.2, 0) is 0 Å². The Morgan fingerprint density at radius 2 is 2.18 bits per heavy atom. The van der Waals surface area contributed by atoms with Crippen molar-refractivity contribution >= 4 is 21.8 Å². The van der Waals surface area contributed by atoms with Crippen LogP contribution in [0.15, 0.2) is 16.7 Å². The van der Waals surface area contributed by atoms with Crippen LogP contribution in [0, 0.1) is 5.41 Å². The summed E-state index contributed by atoms with van der Waals surface area (Å²) in [6.07, 6.45) is 8.15. The molecule has 17 heavy (non-hydrogen) atoms. The Hall–Kier alpha value is -0.770. The van der Waals surface area contributed by atoms with Gasteiger partial charge in [-0.05, 0) is 40.3 Å². The molecule has 94 valence electrons. The number of carbonyl (C=O) groups is 1. The Morgan fingerprint density at radius 1 is 1.47 bits per heavy atom. The van der Waals surface area contributed by atoms with Crippen LogP contribution in [0.2, 0.25) is 0 Å². The van der Waals surface area contributed by atoms with E-state index in [0.29, 0.717) is 5.69 Å². The van der Waals surface area contributed by atoms with Gasteiger partial charge in [0, 0.05) is 17.2 Å². The molecule has 0 bridgehead atoms. The van der Waals surface area contributed by atoms with E-state index in [-0.39, 0.29) is 11.3 Å². The molecule has 1 aromatic heterocycles. The zero-order chi connectivity index (χ0) is 12.3. The Morgan fingerprint density at radius 3 is 2.76 bits per heavy atom. The van der Waals surface area contributed by atoms with Crippen LogP contribution in [0.1, 0.15) is 49.5 Å². The van der Waals surface area contributed by atoms with Crippen LogP contribution >= 0.6 is 15.9 Å². The van der Waals surface area contributed by atoms with E-state index in [1.54, 1.807) is 12.3 Å². The quantitative estimate of drug-likeness (QED) is 0.882. The third-order valence-corrected chi connectivity index (χ3v) is 4.09. The maximum absolute atomic E-state index is 11.9. The van der Waals surface area contributed by atoms with Crippen LogP contribution < -0.4 is 5.32 Å². The van der Waals surface area contributed by atoms with E-state index >= 15 is 0 Å². The molecule has 1 aliphatic rings. The highest BCUT2D eigenvalue weighted by Gasteiger charge is 2.27. The lowest BCUT2D eigenvalue weighted by atomic mass is 9.76. The lowest BCUT2D eigenvalue weighted by Crippen LogP contribution is -2.37. The normalized spacial score (nSPS) is 18.9. The van der Waals surface area contributed by atoms with Crippen molar-refractivity contribution in [2.75, 3.05) is 6.54 Å². The minimum absolute atomic E-state index is 0.0116. The number of H-pyrrole nitrogens is 1. The Bertz CT molecular complexity index is 394. The first-order valence-electron chi connectivity index (χ1n) is 6.21. The molecule has 0 atom stereocenters. The van der Waals surface area contributed by atoms with Gasteiger partial charge >= 0.3 is 0 Å². The van der Waals surface area contributed by atoms with Crippen molar-refractivity contribution < 1.29 is 4.79 Å². The average Bonchev–Trinajstić information content (AvgIpc) is 2.74. The zero-order valence-electron chi connectivity index (χ0n) is 10.2. The van der Waals surface area contributed by atoms with Gasteiger partial charge in [0.05, 0.1) is 0 Å². The fraction of sp³-hybridized carbons (Fsp3) is 0.615. The molecule has 1 saturated carbocycles. The fourth-order valence-electron chi connectivity index (χ4n) is 2.47. The third-order valence-electron chi connectivity index (χ3n) is 3.63. The van der Waals surface area contributed by atoms with Gasteiger partial charge in [0.25, 0.3) is 5.91 Å². The Labute approximate surface area is 110 Å². The van der Waals surface area contributed by atoms with Crippen LogP contribution in [0.4, 0.5) is 0 Å². The number of amides is 1. The van der Waals surface area contributed by atoms with Crippen molar-refractivity contribution in [3.05, 3.63) is 22.4 Å². The monoisotopic (exact) mass is 298 g/mol. The average molecular weight is 299 g/mol. The second-order valence-electron chi connectivity index (χ2n) is 5.29. The molecule has 3 nitrogen and oxygen atoms in total. The van der Waals surface area contributed by atoms with E-state index in [1.165, 1.54) is 32.1 Å². The maximum Gasteiger partial charge on any atom is 0.267 e. The molecular formula is C13H19BrN2O. The second-order valence-corrected chi connectivity index (χ2v) is 6.20. The molecule has 2 N–H and O–H groups in total. The van der Waals surface area contributed by atoms with E-state index in [4.69, 9.17) is 0 Å².